The molecular formula is C13H28N2O2. The van der Waals surface area contributed by atoms with E-state index in [9.17, 15) is 5.11 Å². The molecule has 1 atom stereocenters. The molecule has 0 aromatic rings. The molecule has 4 heteroatoms. The van der Waals surface area contributed by atoms with Crippen molar-refractivity contribution in [2.24, 2.45) is 5.92 Å². The standard InChI is InChI=1S/C13H28N2O2/c1-3-6-14-9-13(16)11-15(2)10-12-4-7-17-8-5-12/h12-14,16H,3-11H2,1-2H3. The number of likely N-dealkylation sites (N-methyl/N-ethyl adjacent to an activating group) is 1. The lowest BCUT2D eigenvalue weighted by molar-refractivity contribution is 0.0479. The smallest absolute Gasteiger partial charge is 0.0791 e. The molecule has 0 amide bonds. The summed E-state index contributed by atoms with van der Waals surface area (Å²) < 4.78 is 5.35. The third-order valence-electron chi connectivity index (χ3n) is 3.24. The highest BCUT2D eigenvalue weighted by Crippen LogP contribution is 2.15. The molecule has 0 radical (unpaired) electrons. The highest BCUT2D eigenvalue weighted by atomic mass is 16.5. The lowest BCUT2D eigenvalue weighted by Gasteiger charge is -2.28. The van der Waals surface area contributed by atoms with Gasteiger partial charge in [-0.15, -0.1) is 0 Å². The van der Waals surface area contributed by atoms with Crippen molar-refractivity contribution in [1.82, 2.24) is 10.2 Å². The highest BCUT2D eigenvalue weighted by molar-refractivity contribution is 4.70. The molecule has 1 saturated heterocycles. The normalized spacial score (nSPS) is 19.8. The van der Waals surface area contributed by atoms with Crippen molar-refractivity contribution in [3.05, 3.63) is 0 Å². The molecule has 1 fully saturated rings. The predicted octanol–water partition coefficient (Wildman–Crippen LogP) is 0.705. The molecule has 0 aliphatic carbocycles. The molecule has 1 aliphatic heterocycles. The highest BCUT2D eigenvalue weighted by Gasteiger charge is 2.17. The number of hydrogen-bond acceptors (Lipinski definition) is 4. The van der Waals surface area contributed by atoms with Gasteiger partial charge in [0.15, 0.2) is 0 Å². The van der Waals surface area contributed by atoms with E-state index in [1.54, 1.807) is 0 Å². The molecule has 102 valence electrons. The van der Waals surface area contributed by atoms with Crippen LogP contribution in [0.25, 0.3) is 0 Å². The Bertz CT molecular complexity index is 184. The second-order valence-electron chi connectivity index (χ2n) is 5.13. The van der Waals surface area contributed by atoms with Gasteiger partial charge in [0.1, 0.15) is 0 Å². The lowest BCUT2D eigenvalue weighted by Crippen LogP contribution is -2.39. The van der Waals surface area contributed by atoms with Crippen LogP contribution in [0.5, 0.6) is 0 Å². The summed E-state index contributed by atoms with van der Waals surface area (Å²) in [6.07, 6.45) is 3.18. The fourth-order valence-corrected chi connectivity index (χ4v) is 2.31. The molecule has 1 unspecified atom stereocenters. The summed E-state index contributed by atoms with van der Waals surface area (Å²) in [5, 5.41) is 13.1. The number of nitrogens with one attached hydrogen (secondary N) is 1. The van der Waals surface area contributed by atoms with Crippen molar-refractivity contribution in [2.45, 2.75) is 32.3 Å². The summed E-state index contributed by atoms with van der Waals surface area (Å²) in [4.78, 5) is 2.24. The zero-order valence-corrected chi connectivity index (χ0v) is 11.3. The molecule has 0 aromatic carbocycles. The summed E-state index contributed by atoms with van der Waals surface area (Å²) in [7, 11) is 2.10. The first-order chi connectivity index (χ1) is 8.22. The Labute approximate surface area is 105 Å². The molecule has 0 aromatic heterocycles. The maximum Gasteiger partial charge on any atom is 0.0791 e. The van der Waals surface area contributed by atoms with Crippen molar-refractivity contribution in [3.63, 3.8) is 0 Å². The van der Waals surface area contributed by atoms with E-state index in [0.717, 1.165) is 58.0 Å². The van der Waals surface area contributed by atoms with Gasteiger partial charge in [-0.2, -0.15) is 0 Å². The minimum Gasteiger partial charge on any atom is -0.390 e. The fraction of sp³-hybridized carbons (Fsp3) is 1.00. The SMILES string of the molecule is CCCNCC(O)CN(C)CC1CCOCC1. The zero-order chi connectivity index (χ0) is 12.5. The van der Waals surface area contributed by atoms with Gasteiger partial charge in [0.05, 0.1) is 6.10 Å². The first kappa shape index (κ1) is 14.9. The molecule has 2 N–H and O–H groups in total. The van der Waals surface area contributed by atoms with E-state index >= 15 is 0 Å². The maximum atomic E-state index is 9.85. The van der Waals surface area contributed by atoms with E-state index < -0.39 is 0 Å². The molecule has 1 rings (SSSR count). The molecule has 0 spiro atoms. The van der Waals surface area contributed by atoms with Crippen LogP contribution in [0.4, 0.5) is 0 Å². The minimum atomic E-state index is -0.258. The first-order valence-electron chi connectivity index (χ1n) is 6.87. The van der Waals surface area contributed by atoms with Crippen LogP contribution in [-0.2, 0) is 4.74 Å². The van der Waals surface area contributed by atoms with E-state index in [4.69, 9.17) is 4.74 Å². The summed E-state index contributed by atoms with van der Waals surface area (Å²) >= 11 is 0. The predicted molar refractivity (Wildman–Crippen MR) is 70.2 cm³/mol. The maximum absolute atomic E-state index is 9.85. The second kappa shape index (κ2) is 8.86. The summed E-state index contributed by atoms with van der Waals surface area (Å²) in [6.45, 7) is 7.46. The average molecular weight is 244 g/mol. The van der Waals surface area contributed by atoms with Gasteiger partial charge in [0, 0.05) is 32.8 Å². The Balaban J connectivity index is 2.07. The van der Waals surface area contributed by atoms with Gasteiger partial charge in [-0.3, -0.25) is 0 Å². The largest absolute Gasteiger partial charge is 0.390 e. The van der Waals surface area contributed by atoms with Crippen LogP contribution >= 0.6 is 0 Å². The number of aliphatic hydroxyl groups excluding tert-OH is 1. The second-order valence-corrected chi connectivity index (χ2v) is 5.13. The van der Waals surface area contributed by atoms with Crippen molar-refractivity contribution in [3.8, 4) is 0 Å². The van der Waals surface area contributed by atoms with Crippen molar-refractivity contribution in [1.29, 1.82) is 0 Å². The van der Waals surface area contributed by atoms with Crippen LogP contribution in [0.1, 0.15) is 26.2 Å². The number of aliphatic hydroxyl groups is 1. The van der Waals surface area contributed by atoms with Gasteiger partial charge >= 0.3 is 0 Å². The summed E-state index contributed by atoms with van der Waals surface area (Å²) in [6, 6.07) is 0. The third-order valence-corrected chi connectivity index (χ3v) is 3.24. The Morgan fingerprint density at radius 3 is 2.76 bits per heavy atom. The quantitative estimate of drug-likeness (QED) is 0.617. The summed E-state index contributed by atoms with van der Waals surface area (Å²) in [5.74, 6) is 0.740. The van der Waals surface area contributed by atoms with Gasteiger partial charge in [-0.05, 0) is 38.8 Å². The van der Waals surface area contributed by atoms with E-state index in [1.807, 2.05) is 0 Å². The van der Waals surface area contributed by atoms with Crippen LogP contribution < -0.4 is 5.32 Å². The van der Waals surface area contributed by atoms with E-state index in [0.29, 0.717) is 6.54 Å². The zero-order valence-electron chi connectivity index (χ0n) is 11.3. The van der Waals surface area contributed by atoms with Crippen LogP contribution in [0, 0.1) is 5.92 Å². The number of hydrogen-bond donors (Lipinski definition) is 2. The number of nitrogens with zero attached hydrogens (tertiary/aromatic N) is 1. The van der Waals surface area contributed by atoms with Crippen molar-refractivity contribution >= 4 is 0 Å². The Kier molecular flexibility index (Phi) is 7.77. The van der Waals surface area contributed by atoms with Crippen LogP contribution in [-0.4, -0.2) is 62.6 Å². The topological polar surface area (TPSA) is 44.7 Å². The number of rotatable bonds is 8. The van der Waals surface area contributed by atoms with Crippen molar-refractivity contribution in [2.75, 3.05) is 46.4 Å². The van der Waals surface area contributed by atoms with Gasteiger partial charge in [0.2, 0.25) is 0 Å². The lowest BCUT2D eigenvalue weighted by atomic mass is 10.00. The molecule has 1 aliphatic rings. The van der Waals surface area contributed by atoms with Crippen LogP contribution in [0.2, 0.25) is 0 Å². The molecule has 4 nitrogen and oxygen atoms in total. The number of ether oxygens (including phenoxy) is 1. The molecule has 1 heterocycles. The van der Waals surface area contributed by atoms with E-state index in [2.05, 4.69) is 24.2 Å². The Morgan fingerprint density at radius 1 is 1.41 bits per heavy atom. The van der Waals surface area contributed by atoms with Gasteiger partial charge < -0.3 is 20.1 Å². The molecule has 0 bridgehead atoms. The third kappa shape index (κ3) is 6.99. The monoisotopic (exact) mass is 244 g/mol. The van der Waals surface area contributed by atoms with Gasteiger partial charge in [0.25, 0.3) is 0 Å². The molecule has 0 saturated carbocycles. The fourth-order valence-electron chi connectivity index (χ4n) is 2.31. The van der Waals surface area contributed by atoms with Crippen molar-refractivity contribution < 1.29 is 9.84 Å². The van der Waals surface area contributed by atoms with Gasteiger partial charge in [-0.1, -0.05) is 6.92 Å². The van der Waals surface area contributed by atoms with E-state index in [-0.39, 0.29) is 6.10 Å². The first-order valence-corrected chi connectivity index (χ1v) is 6.87. The molecular weight excluding hydrogens is 216 g/mol. The van der Waals surface area contributed by atoms with Gasteiger partial charge in [-0.25, -0.2) is 0 Å². The van der Waals surface area contributed by atoms with Crippen LogP contribution in [0.3, 0.4) is 0 Å². The minimum absolute atomic E-state index is 0.258. The Morgan fingerprint density at radius 2 is 2.12 bits per heavy atom. The average Bonchev–Trinajstić information content (AvgIpc) is 2.30. The van der Waals surface area contributed by atoms with E-state index in [1.165, 1.54) is 0 Å². The molecule has 17 heavy (non-hydrogen) atoms. The Hall–Kier alpha value is -0.160. The summed E-state index contributed by atoms with van der Waals surface area (Å²) in [5.41, 5.74) is 0. The van der Waals surface area contributed by atoms with Crippen LogP contribution in [0.15, 0.2) is 0 Å².